The van der Waals surface area contributed by atoms with Gasteiger partial charge in [-0.2, -0.15) is 4.31 Å². The Morgan fingerprint density at radius 1 is 1.21 bits per heavy atom. The Morgan fingerprint density at radius 3 is 2.69 bits per heavy atom. The summed E-state index contributed by atoms with van der Waals surface area (Å²) in [6, 6.07) is 4.43. The minimum absolute atomic E-state index is 0.0318. The van der Waals surface area contributed by atoms with Gasteiger partial charge in [0.05, 0.1) is 20.3 Å². The van der Waals surface area contributed by atoms with Crippen LogP contribution in [0.5, 0.6) is 5.75 Å². The highest BCUT2D eigenvalue weighted by molar-refractivity contribution is 7.89. The summed E-state index contributed by atoms with van der Waals surface area (Å²) in [6.07, 6.45) is 3.33. The van der Waals surface area contributed by atoms with Crippen molar-refractivity contribution in [1.29, 1.82) is 0 Å². The van der Waals surface area contributed by atoms with Crippen LogP contribution in [0.15, 0.2) is 23.1 Å². The molecule has 1 unspecified atom stereocenters. The molecule has 1 saturated heterocycles. The molecule has 0 bridgehead atoms. The number of carbonyl (C=O) groups is 1. The molecule has 29 heavy (non-hydrogen) atoms. The molecule has 0 aromatic heterocycles. The van der Waals surface area contributed by atoms with Crippen LogP contribution in [-0.4, -0.2) is 71.8 Å². The summed E-state index contributed by atoms with van der Waals surface area (Å²) in [7, 11) is -0.714. The molecule has 164 valence electrons. The van der Waals surface area contributed by atoms with Gasteiger partial charge in [0, 0.05) is 38.4 Å². The fourth-order valence-electron chi connectivity index (χ4n) is 3.30. The average Bonchev–Trinajstić information content (AvgIpc) is 2.72. The molecule has 1 aliphatic heterocycles. The summed E-state index contributed by atoms with van der Waals surface area (Å²) in [5.74, 6) is -0.0847. The minimum atomic E-state index is -3.75. The van der Waals surface area contributed by atoms with E-state index in [4.69, 9.17) is 14.2 Å². The Balaban J connectivity index is 2.07. The first kappa shape index (κ1) is 23.6. The topological polar surface area (TPSA) is 94.2 Å². The van der Waals surface area contributed by atoms with Crippen molar-refractivity contribution in [3.8, 4) is 5.75 Å². The molecular weight excluding hydrogens is 396 g/mol. The number of hydrogen-bond donors (Lipinski definition) is 1. The van der Waals surface area contributed by atoms with Gasteiger partial charge >= 0.3 is 0 Å². The molecule has 1 fully saturated rings. The van der Waals surface area contributed by atoms with Crippen molar-refractivity contribution >= 4 is 15.9 Å². The van der Waals surface area contributed by atoms with E-state index < -0.39 is 10.0 Å². The fraction of sp³-hybridized carbons (Fsp3) is 0.650. The number of amides is 1. The molecule has 1 N–H and O–H groups in total. The van der Waals surface area contributed by atoms with E-state index in [1.807, 2.05) is 6.92 Å². The van der Waals surface area contributed by atoms with Gasteiger partial charge < -0.3 is 19.5 Å². The van der Waals surface area contributed by atoms with Crippen molar-refractivity contribution in [3.63, 3.8) is 0 Å². The molecule has 1 heterocycles. The van der Waals surface area contributed by atoms with E-state index in [0.717, 1.165) is 19.3 Å². The largest absolute Gasteiger partial charge is 0.495 e. The predicted molar refractivity (Wildman–Crippen MR) is 110 cm³/mol. The summed E-state index contributed by atoms with van der Waals surface area (Å²) in [4.78, 5) is 12.5. The normalized spacial score (nSPS) is 17.8. The van der Waals surface area contributed by atoms with Crippen molar-refractivity contribution in [1.82, 2.24) is 9.62 Å². The number of carbonyl (C=O) groups excluding carboxylic acids is 1. The lowest BCUT2D eigenvalue weighted by Crippen LogP contribution is -2.42. The van der Waals surface area contributed by atoms with Crippen molar-refractivity contribution in [2.75, 3.05) is 47.1 Å². The second-order valence-corrected chi connectivity index (χ2v) is 8.90. The number of hydrogen-bond acceptors (Lipinski definition) is 6. The standard InChI is InChI=1S/C20H32N2O6S/c1-16-7-4-5-11-22(16)29(24,25)19-15-17(8-9-18(19)27-3)20(23)21-10-6-12-28-14-13-26-2/h8-9,15-16H,4-7,10-14H2,1-3H3,(H,21,23). The van der Waals surface area contributed by atoms with Gasteiger partial charge in [-0.05, 0) is 44.4 Å². The molecule has 0 saturated carbocycles. The highest BCUT2D eigenvalue weighted by Gasteiger charge is 2.33. The third-order valence-corrected chi connectivity index (χ3v) is 6.97. The molecule has 1 atom stereocenters. The molecule has 1 aliphatic rings. The van der Waals surface area contributed by atoms with Crippen LogP contribution in [-0.2, 0) is 19.5 Å². The molecule has 1 amide bonds. The SMILES string of the molecule is COCCOCCCNC(=O)c1ccc(OC)c(S(=O)(=O)N2CCCCC2C)c1. The number of rotatable bonds is 11. The zero-order valence-corrected chi connectivity index (χ0v) is 18.3. The molecule has 1 aromatic carbocycles. The second kappa shape index (κ2) is 11.5. The average molecular weight is 429 g/mol. The molecule has 8 nitrogen and oxygen atoms in total. The molecule has 9 heteroatoms. The van der Waals surface area contributed by atoms with Crippen molar-refractivity contribution in [2.24, 2.45) is 0 Å². The number of nitrogens with one attached hydrogen (secondary N) is 1. The summed E-state index contributed by atoms with van der Waals surface area (Å²) in [5.41, 5.74) is 0.286. The van der Waals surface area contributed by atoms with Crippen LogP contribution in [0, 0.1) is 0 Å². The minimum Gasteiger partial charge on any atom is -0.495 e. The smallest absolute Gasteiger partial charge is 0.251 e. The number of piperidine rings is 1. The monoisotopic (exact) mass is 428 g/mol. The lowest BCUT2D eigenvalue weighted by molar-refractivity contribution is 0.0688. The van der Waals surface area contributed by atoms with E-state index in [2.05, 4.69) is 5.32 Å². The molecule has 0 spiro atoms. The molecular formula is C20H32N2O6S. The van der Waals surface area contributed by atoms with E-state index in [1.54, 1.807) is 13.2 Å². The van der Waals surface area contributed by atoms with Gasteiger partial charge in [0.25, 0.3) is 5.91 Å². The van der Waals surface area contributed by atoms with Gasteiger partial charge in [0.1, 0.15) is 10.6 Å². The van der Waals surface area contributed by atoms with Crippen molar-refractivity contribution < 1.29 is 27.4 Å². The number of methoxy groups -OCH3 is 2. The molecule has 1 aromatic rings. The Labute approximate surface area is 173 Å². The van der Waals surface area contributed by atoms with Crippen LogP contribution >= 0.6 is 0 Å². The highest BCUT2D eigenvalue weighted by Crippen LogP contribution is 2.31. The van der Waals surface area contributed by atoms with Crippen LogP contribution in [0.25, 0.3) is 0 Å². The number of benzene rings is 1. The number of sulfonamides is 1. The van der Waals surface area contributed by atoms with Crippen LogP contribution in [0.3, 0.4) is 0 Å². The Bertz CT molecular complexity index is 768. The van der Waals surface area contributed by atoms with E-state index in [0.29, 0.717) is 39.3 Å². The fourth-order valence-corrected chi connectivity index (χ4v) is 5.18. The Hall–Kier alpha value is -1.68. The summed E-state index contributed by atoms with van der Waals surface area (Å²) in [5, 5.41) is 2.79. The molecule has 0 aliphatic carbocycles. The van der Waals surface area contributed by atoms with Crippen LogP contribution < -0.4 is 10.1 Å². The summed E-state index contributed by atoms with van der Waals surface area (Å²) >= 11 is 0. The van der Waals surface area contributed by atoms with Crippen molar-refractivity contribution in [2.45, 2.75) is 43.5 Å². The molecule has 2 rings (SSSR count). The van der Waals surface area contributed by atoms with E-state index >= 15 is 0 Å². The van der Waals surface area contributed by atoms with Crippen LogP contribution in [0.2, 0.25) is 0 Å². The van der Waals surface area contributed by atoms with Gasteiger partial charge in [-0.15, -0.1) is 0 Å². The van der Waals surface area contributed by atoms with Gasteiger partial charge in [-0.25, -0.2) is 8.42 Å². The number of nitrogens with zero attached hydrogens (tertiary/aromatic N) is 1. The summed E-state index contributed by atoms with van der Waals surface area (Å²) in [6.45, 7) is 4.38. The Kier molecular flexibility index (Phi) is 9.35. The van der Waals surface area contributed by atoms with Gasteiger partial charge in [0.2, 0.25) is 10.0 Å². The lowest BCUT2D eigenvalue weighted by Gasteiger charge is -2.32. The van der Waals surface area contributed by atoms with Gasteiger partial charge in [-0.3, -0.25) is 4.79 Å². The third kappa shape index (κ3) is 6.40. The zero-order chi connectivity index (χ0) is 21.3. The van der Waals surface area contributed by atoms with E-state index in [1.165, 1.54) is 23.5 Å². The zero-order valence-electron chi connectivity index (χ0n) is 17.5. The Morgan fingerprint density at radius 2 is 2.00 bits per heavy atom. The maximum atomic E-state index is 13.2. The highest BCUT2D eigenvalue weighted by atomic mass is 32.2. The molecule has 0 radical (unpaired) electrons. The first-order chi connectivity index (χ1) is 13.9. The van der Waals surface area contributed by atoms with Crippen LogP contribution in [0.4, 0.5) is 0 Å². The first-order valence-electron chi connectivity index (χ1n) is 9.96. The quantitative estimate of drug-likeness (QED) is 0.542. The van der Waals surface area contributed by atoms with Gasteiger partial charge in [-0.1, -0.05) is 6.42 Å². The first-order valence-corrected chi connectivity index (χ1v) is 11.4. The second-order valence-electron chi connectivity index (χ2n) is 7.04. The van der Waals surface area contributed by atoms with Gasteiger partial charge in [0.15, 0.2) is 0 Å². The maximum absolute atomic E-state index is 13.2. The van der Waals surface area contributed by atoms with Crippen molar-refractivity contribution in [3.05, 3.63) is 23.8 Å². The number of ether oxygens (including phenoxy) is 3. The van der Waals surface area contributed by atoms with Crippen LogP contribution in [0.1, 0.15) is 43.0 Å². The van der Waals surface area contributed by atoms with E-state index in [-0.39, 0.29) is 28.2 Å². The predicted octanol–water partition coefficient (Wildman–Crippen LogP) is 2.04. The third-order valence-electron chi connectivity index (χ3n) is 4.94. The lowest BCUT2D eigenvalue weighted by atomic mass is 10.1. The maximum Gasteiger partial charge on any atom is 0.251 e. The van der Waals surface area contributed by atoms with E-state index in [9.17, 15) is 13.2 Å². The summed E-state index contributed by atoms with van der Waals surface area (Å²) < 4.78 is 43.5.